The number of rotatable bonds is 9. The smallest absolute Gasteiger partial charge is 0.225 e. The van der Waals surface area contributed by atoms with Gasteiger partial charge in [-0.2, -0.15) is 4.98 Å². The van der Waals surface area contributed by atoms with Crippen LogP contribution in [0.1, 0.15) is 37.3 Å². The van der Waals surface area contributed by atoms with Gasteiger partial charge in [0.25, 0.3) is 0 Å². The fraction of sp³-hybridized carbons (Fsp3) is 0.360. The Kier molecular flexibility index (Phi) is 7.41. The van der Waals surface area contributed by atoms with Gasteiger partial charge in [-0.15, -0.1) is 0 Å². The van der Waals surface area contributed by atoms with Gasteiger partial charge in [0.15, 0.2) is 0 Å². The number of nitrogens with zero attached hydrogens (tertiary/aromatic N) is 3. The number of anilines is 3. The van der Waals surface area contributed by atoms with E-state index < -0.39 is 0 Å². The summed E-state index contributed by atoms with van der Waals surface area (Å²) in [5.41, 5.74) is 5.67. The summed E-state index contributed by atoms with van der Waals surface area (Å²) < 4.78 is 0. The van der Waals surface area contributed by atoms with Crippen LogP contribution in [0.5, 0.6) is 0 Å². The van der Waals surface area contributed by atoms with Crippen LogP contribution in [0.4, 0.5) is 17.5 Å². The average Bonchev–Trinajstić information content (AvgIpc) is 2.71. The number of hydrogen-bond donors (Lipinski definition) is 2. The molecule has 0 bridgehead atoms. The zero-order valence-corrected chi connectivity index (χ0v) is 18.7. The Morgan fingerprint density at radius 1 is 0.967 bits per heavy atom. The van der Waals surface area contributed by atoms with E-state index in [9.17, 15) is 0 Å². The molecule has 0 aliphatic heterocycles. The summed E-state index contributed by atoms with van der Waals surface area (Å²) in [7, 11) is 4.17. The molecule has 5 nitrogen and oxygen atoms in total. The highest BCUT2D eigenvalue weighted by atomic mass is 15.1. The third-order valence-corrected chi connectivity index (χ3v) is 5.03. The van der Waals surface area contributed by atoms with Crippen molar-refractivity contribution < 1.29 is 0 Å². The molecule has 0 aliphatic carbocycles. The molecular weight excluding hydrogens is 370 g/mol. The summed E-state index contributed by atoms with van der Waals surface area (Å²) in [5.74, 6) is 1.95. The lowest BCUT2D eigenvalue weighted by atomic mass is 9.98. The second-order valence-corrected chi connectivity index (χ2v) is 8.26. The van der Waals surface area contributed by atoms with E-state index in [1.54, 1.807) is 0 Å². The molecule has 0 saturated carbocycles. The van der Waals surface area contributed by atoms with Crippen molar-refractivity contribution in [1.82, 2.24) is 14.9 Å². The first-order chi connectivity index (χ1) is 14.4. The summed E-state index contributed by atoms with van der Waals surface area (Å²) in [4.78, 5) is 11.6. The van der Waals surface area contributed by atoms with Gasteiger partial charge in [-0.05, 0) is 63.2 Å². The summed E-state index contributed by atoms with van der Waals surface area (Å²) in [6.07, 6.45) is 1.03. The molecule has 1 heterocycles. The van der Waals surface area contributed by atoms with Crippen LogP contribution in [-0.2, 0) is 0 Å². The minimum Gasteiger partial charge on any atom is -0.354 e. The molecule has 30 heavy (non-hydrogen) atoms. The third-order valence-electron chi connectivity index (χ3n) is 5.03. The van der Waals surface area contributed by atoms with Crippen LogP contribution in [-0.4, -0.2) is 42.1 Å². The molecule has 2 N–H and O–H groups in total. The van der Waals surface area contributed by atoms with Gasteiger partial charge in [-0.3, -0.25) is 0 Å². The molecule has 0 amide bonds. The Morgan fingerprint density at radius 3 is 2.40 bits per heavy atom. The zero-order valence-electron chi connectivity index (χ0n) is 18.7. The average molecular weight is 404 g/mol. The molecule has 0 radical (unpaired) electrons. The van der Waals surface area contributed by atoms with Crippen LogP contribution >= 0.6 is 0 Å². The first kappa shape index (κ1) is 21.8. The van der Waals surface area contributed by atoms with Gasteiger partial charge >= 0.3 is 0 Å². The molecule has 158 valence electrons. The summed E-state index contributed by atoms with van der Waals surface area (Å²) in [6.45, 7) is 8.46. The lowest BCUT2D eigenvalue weighted by Crippen LogP contribution is -2.17. The molecule has 0 spiro atoms. The van der Waals surface area contributed by atoms with E-state index in [1.165, 1.54) is 11.1 Å². The van der Waals surface area contributed by atoms with Crippen LogP contribution in [0.15, 0.2) is 54.6 Å². The van der Waals surface area contributed by atoms with E-state index >= 15 is 0 Å². The zero-order chi connectivity index (χ0) is 21.5. The SMILES string of the molecule is Cc1cc(Nc2cc(-c3ccccc3)nc(NCCCN(C)C)n2)ccc1C(C)C. The van der Waals surface area contributed by atoms with Crippen molar-refractivity contribution in [1.29, 1.82) is 0 Å². The number of benzene rings is 2. The molecule has 2 aromatic carbocycles. The number of aryl methyl sites for hydroxylation is 1. The topological polar surface area (TPSA) is 53.1 Å². The maximum absolute atomic E-state index is 4.74. The minimum absolute atomic E-state index is 0.515. The summed E-state index contributed by atoms with van der Waals surface area (Å²) >= 11 is 0. The van der Waals surface area contributed by atoms with Crippen LogP contribution in [0.2, 0.25) is 0 Å². The van der Waals surface area contributed by atoms with Crippen molar-refractivity contribution in [3.63, 3.8) is 0 Å². The Morgan fingerprint density at radius 2 is 1.73 bits per heavy atom. The molecule has 5 heteroatoms. The van der Waals surface area contributed by atoms with E-state index in [-0.39, 0.29) is 0 Å². The van der Waals surface area contributed by atoms with Gasteiger partial charge in [-0.1, -0.05) is 50.2 Å². The number of hydrogen-bond acceptors (Lipinski definition) is 5. The fourth-order valence-corrected chi connectivity index (χ4v) is 3.49. The highest BCUT2D eigenvalue weighted by Crippen LogP contribution is 2.26. The molecule has 0 saturated heterocycles. The molecule has 1 aromatic heterocycles. The Labute approximate surface area is 180 Å². The van der Waals surface area contributed by atoms with Gasteiger partial charge in [0.2, 0.25) is 5.95 Å². The first-order valence-electron chi connectivity index (χ1n) is 10.6. The summed E-state index contributed by atoms with van der Waals surface area (Å²) in [5, 5.41) is 6.85. The normalized spacial score (nSPS) is 11.2. The van der Waals surface area contributed by atoms with Crippen LogP contribution in [0.25, 0.3) is 11.3 Å². The third kappa shape index (κ3) is 6.04. The van der Waals surface area contributed by atoms with Crippen LogP contribution in [0, 0.1) is 6.92 Å². The Balaban J connectivity index is 1.85. The molecule has 3 aromatic rings. The highest BCUT2D eigenvalue weighted by Gasteiger charge is 2.09. The standard InChI is InChI=1S/C25H33N5/c1-18(2)22-13-12-21(16-19(22)3)27-24-17-23(20-10-7-6-8-11-20)28-25(29-24)26-14-9-15-30(4)5/h6-8,10-13,16-18H,9,14-15H2,1-5H3,(H2,26,27,28,29). The van der Waals surface area contributed by atoms with Gasteiger partial charge < -0.3 is 15.5 Å². The van der Waals surface area contributed by atoms with Gasteiger partial charge in [0, 0.05) is 23.9 Å². The van der Waals surface area contributed by atoms with Crippen molar-refractivity contribution in [3.05, 3.63) is 65.7 Å². The quantitative estimate of drug-likeness (QED) is 0.450. The molecule has 0 unspecified atom stereocenters. The van der Waals surface area contributed by atoms with Gasteiger partial charge in [-0.25, -0.2) is 4.98 Å². The first-order valence-corrected chi connectivity index (χ1v) is 10.6. The number of aromatic nitrogens is 2. The van der Waals surface area contributed by atoms with E-state index in [1.807, 2.05) is 24.3 Å². The van der Waals surface area contributed by atoms with Crippen molar-refractivity contribution in [2.75, 3.05) is 37.8 Å². The van der Waals surface area contributed by atoms with Crippen molar-refractivity contribution in [3.8, 4) is 11.3 Å². The molecule has 0 fully saturated rings. The Hall–Kier alpha value is -2.92. The Bertz CT molecular complexity index is 951. The largest absolute Gasteiger partial charge is 0.354 e. The van der Waals surface area contributed by atoms with Crippen molar-refractivity contribution in [2.45, 2.75) is 33.1 Å². The van der Waals surface area contributed by atoms with E-state index in [4.69, 9.17) is 9.97 Å². The van der Waals surface area contributed by atoms with E-state index in [0.717, 1.165) is 42.3 Å². The van der Waals surface area contributed by atoms with Gasteiger partial charge in [0.05, 0.1) is 5.69 Å². The number of nitrogens with one attached hydrogen (secondary N) is 2. The highest BCUT2D eigenvalue weighted by molar-refractivity contribution is 5.67. The maximum Gasteiger partial charge on any atom is 0.225 e. The second-order valence-electron chi connectivity index (χ2n) is 8.26. The van der Waals surface area contributed by atoms with Crippen LogP contribution < -0.4 is 10.6 Å². The lowest BCUT2D eigenvalue weighted by Gasteiger charge is -2.14. The van der Waals surface area contributed by atoms with Crippen molar-refractivity contribution in [2.24, 2.45) is 0 Å². The van der Waals surface area contributed by atoms with Gasteiger partial charge in [0.1, 0.15) is 5.82 Å². The van der Waals surface area contributed by atoms with Crippen molar-refractivity contribution >= 4 is 17.5 Å². The monoisotopic (exact) mass is 403 g/mol. The molecule has 0 atom stereocenters. The minimum atomic E-state index is 0.515. The molecule has 3 rings (SSSR count). The molecule has 0 aliphatic rings. The van der Waals surface area contributed by atoms with E-state index in [2.05, 4.69) is 80.7 Å². The van der Waals surface area contributed by atoms with Crippen LogP contribution in [0.3, 0.4) is 0 Å². The lowest BCUT2D eigenvalue weighted by molar-refractivity contribution is 0.405. The second kappa shape index (κ2) is 10.2. The fourth-order valence-electron chi connectivity index (χ4n) is 3.49. The molecular formula is C25H33N5. The maximum atomic E-state index is 4.74. The predicted molar refractivity (Wildman–Crippen MR) is 128 cm³/mol. The summed E-state index contributed by atoms with van der Waals surface area (Å²) in [6, 6.07) is 18.7. The van der Waals surface area contributed by atoms with E-state index in [0.29, 0.717) is 11.9 Å². The predicted octanol–water partition coefficient (Wildman–Crippen LogP) is 5.68.